The summed E-state index contributed by atoms with van der Waals surface area (Å²) in [6.45, 7) is -0.690. The maximum atomic E-state index is 13.9. The van der Waals surface area contributed by atoms with Crippen LogP contribution in [0.25, 0.3) is 34.4 Å². The fraction of sp³-hybridized carbons (Fsp3) is 0.175. The Morgan fingerprint density at radius 2 is 1.39 bits per heavy atom. The van der Waals surface area contributed by atoms with E-state index in [1.807, 2.05) is 0 Å². The number of aliphatic hydroxyl groups is 2. The van der Waals surface area contributed by atoms with Gasteiger partial charge in [0.15, 0.2) is 29.5 Å². The Morgan fingerprint density at radius 3 is 2.09 bits per heavy atom. The van der Waals surface area contributed by atoms with Gasteiger partial charge in [0.25, 0.3) is 0 Å². The lowest BCUT2D eigenvalue weighted by atomic mass is 9.98. The molecule has 7 N–H and O–H groups in total. The van der Waals surface area contributed by atoms with Crippen LogP contribution in [0.1, 0.15) is 11.1 Å². The standard InChI is InChI=1S/C40H34O16/c1-51-28-16-21(4-13-26(28)44)6-14-31(46)52-19-30-34(48)38(55-32(47)15-5-20-2-9-23(41)10-3-20)36(50)40(54-30)56-39-35(49)33-27(45)17-25(43)18-29(33)53-37(39)22-7-11-24(42)12-8-22/h2-18,30,34,36,38,40-45,48,50H,19H2,1H3/b14-6+,15-5+/t30-,34-,36-,38+,40+/m1/s1. The van der Waals surface area contributed by atoms with Gasteiger partial charge in [-0.25, -0.2) is 9.59 Å². The molecule has 56 heavy (non-hydrogen) atoms. The number of hydrogen-bond acceptors (Lipinski definition) is 16. The number of methoxy groups -OCH3 is 1. The van der Waals surface area contributed by atoms with Crippen LogP contribution >= 0.6 is 0 Å². The van der Waals surface area contributed by atoms with Gasteiger partial charge in [0.2, 0.25) is 17.5 Å². The molecule has 1 aliphatic rings. The molecule has 0 aliphatic carbocycles. The van der Waals surface area contributed by atoms with Crippen LogP contribution in [0.2, 0.25) is 0 Å². The van der Waals surface area contributed by atoms with Crippen LogP contribution in [0.5, 0.6) is 40.2 Å². The van der Waals surface area contributed by atoms with Gasteiger partial charge in [0, 0.05) is 29.8 Å². The van der Waals surface area contributed by atoms with Gasteiger partial charge in [-0.2, -0.15) is 0 Å². The van der Waals surface area contributed by atoms with E-state index >= 15 is 0 Å². The molecular weight excluding hydrogens is 736 g/mol. The molecule has 1 aliphatic heterocycles. The van der Waals surface area contributed by atoms with Crippen molar-refractivity contribution in [2.45, 2.75) is 30.7 Å². The highest BCUT2D eigenvalue weighted by Gasteiger charge is 2.49. The first kappa shape index (κ1) is 38.7. The van der Waals surface area contributed by atoms with Crippen LogP contribution in [0, 0.1) is 0 Å². The van der Waals surface area contributed by atoms with E-state index in [2.05, 4.69) is 0 Å². The number of phenols is 5. The average molecular weight is 771 g/mol. The minimum absolute atomic E-state index is 0.00517. The zero-order chi connectivity index (χ0) is 40.1. The van der Waals surface area contributed by atoms with Crippen molar-refractivity contribution in [1.29, 1.82) is 0 Å². The predicted octanol–water partition coefficient (Wildman–Crippen LogP) is 3.70. The monoisotopic (exact) mass is 770 g/mol. The summed E-state index contributed by atoms with van der Waals surface area (Å²) in [7, 11) is 1.35. The van der Waals surface area contributed by atoms with E-state index in [9.17, 15) is 50.1 Å². The molecule has 16 nitrogen and oxygen atoms in total. The first-order valence-corrected chi connectivity index (χ1v) is 16.7. The third kappa shape index (κ3) is 8.68. The number of fused-ring (bicyclic) bond motifs is 1. The van der Waals surface area contributed by atoms with Crippen molar-refractivity contribution in [3.63, 3.8) is 0 Å². The fourth-order valence-corrected chi connectivity index (χ4v) is 5.67. The quantitative estimate of drug-likeness (QED) is 0.0747. The first-order chi connectivity index (χ1) is 26.8. The summed E-state index contributed by atoms with van der Waals surface area (Å²) in [5.41, 5.74) is -0.110. The number of benzene rings is 4. The molecule has 4 aromatic carbocycles. The van der Waals surface area contributed by atoms with Gasteiger partial charge in [0.05, 0.1) is 7.11 Å². The average Bonchev–Trinajstić information content (AvgIpc) is 3.17. The number of carbonyl (C=O) groups is 2. The second-order valence-corrected chi connectivity index (χ2v) is 12.3. The molecule has 0 spiro atoms. The van der Waals surface area contributed by atoms with Gasteiger partial charge in [-0.05, 0) is 71.8 Å². The highest BCUT2D eigenvalue weighted by Crippen LogP contribution is 2.38. The largest absolute Gasteiger partial charge is 0.508 e. The van der Waals surface area contributed by atoms with Crippen molar-refractivity contribution >= 4 is 35.1 Å². The Balaban J connectivity index is 1.31. The topological polar surface area (TPSA) is 252 Å². The lowest BCUT2D eigenvalue weighted by molar-refractivity contribution is -0.281. The van der Waals surface area contributed by atoms with Crippen molar-refractivity contribution in [2.75, 3.05) is 13.7 Å². The van der Waals surface area contributed by atoms with Gasteiger partial charge in [-0.1, -0.05) is 18.2 Å². The molecule has 0 unspecified atom stereocenters. The smallest absolute Gasteiger partial charge is 0.331 e. The van der Waals surface area contributed by atoms with Gasteiger partial charge < -0.3 is 63.8 Å². The van der Waals surface area contributed by atoms with Crippen molar-refractivity contribution < 1.29 is 73.4 Å². The number of phenolic OH excluding ortho intramolecular Hbond substituents is 5. The highest BCUT2D eigenvalue weighted by molar-refractivity contribution is 5.89. The number of carbonyl (C=O) groups excluding carboxylic acids is 2. The van der Waals surface area contributed by atoms with Crippen LogP contribution in [-0.4, -0.2) is 92.1 Å². The van der Waals surface area contributed by atoms with Crippen LogP contribution in [0.4, 0.5) is 0 Å². The molecule has 1 saturated heterocycles. The van der Waals surface area contributed by atoms with Gasteiger partial charge >= 0.3 is 11.9 Å². The summed E-state index contributed by atoms with van der Waals surface area (Å²) in [6, 6.07) is 17.4. The SMILES string of the molecule is COc1cc(/C=C/C(=O)OC[C@H]2O[C@@H](Oc3c(-c4ccc(O)cc4)oc4cc(O)cc(O)c4c3=O)[C@H](O)[C@@H](OC(=O)/C=C/c3ccc(O)cc3)[C@@H]2O)ccc1O. The van der Waals surface area contributed by atoms with Crippen LogP contribution in [0.3, 0.4) is 0 Å². The van der Waals surface area contributed by atoms with Crippen LogP contribution < -0.4 is 14.9 Å². The number of rotatable bonds is 11. The predicted molar refractivity (Wildman–Crippen MR) is 196 cm³/mol. The van der Waals surface area contributed by atoms with Crippen molar-refractivity contribution in [1.82, 2.24) is 0 Å². The lowest BCUT2D eigenvalue weighted by Gasteiger charge is -2.41. The lowest BCUT2D eigenvalue weighted by Crippen LogP contribution is -2.61. The maximum Gasteiger partial charge on any atom is 0.331 e. The third-order valence-corrected chi connectivity index (χ3v) is 8.49. The summed E-state index contributed by atoms with van der Waals surface area (Å²) in [6.07, 6.45) is -4.41. The van der Waals surface area contributed by atoms with Crippen LogP contribution in [0.15, 0.2) is 100 Å². The summed E-state index contributed by atoms with van der Waals surface area (Å²) >= 11 is 0. The molecule has 0 radical (unpaired) electrons. The third-order valence-electron chi connectivity index (χ3n) is 8.49. The van der Waals surface area contributed by atoms with E-state index in [4.69, 9.17) is 28.1 Å². The number of ether oxygens (including phenoxy) is 5. The molecule has 0 amide bonds. The van der Waals surface area contributed by atoms with Crippen molar-refractivity contribution in [3.8, 4) is 51.6 Å². The Morgan fingerprint density at radius 1 is 0.750 bits per heavy atom. The second-order valence-electron chi connectivity index (χ2n) is 12.3. The summed E-state index contributed by atoms with van der Waals surface area (Å²) in [5, 5.41) is 72.2. The molecule has 6 rings (SSSR count). The normalized spacial score (nSPS) is 19.6. The summed E-state index contributed by atoms with van der Waals surface area (Å²) in [4.78, 5) is 39.7. The molecule has 5 aromatic rings. The molecule has 5 atom stereocenters. The molecule has 0 saturated carbocycles. The van der Waals surface area contributed by atoms with Gasteiger partial charge in [-0.15, -0.1) is 0 Å². The maximum absolute atomic E-state index is 13.9. The Kier molecular flexibility index (Phi) is 11.4. The van der Waals surface area contributed by atoms with E-state index < -0.39 is 77.3 Å². The van der Waals surface area contributed by atoms with Crippen molar-refractivity contribution in [3.05, 3.63) is 112 Å². The number of esters is 2. The summed E-state index contributed by atoms with van der Waals surface area (Å²) < 4.78 is 33.5. The van der Waals surface area contributed by atoms with Crippen LogP contribution in [-0.2, 0) is 23.8 Å². The van der Waals surface area contributed by atoms with E-state index in [0.29, 0.717) is 11.1 Å². The molecule has 2 heterocycles. The fourth-order valence-electron chi connectivity index (χ4n) is 5.67. The number of aliphatic hydroxyl groups excluding tert-OH is 2. The van der Waals surface area contributed by atoms with E-state index in [1.54, 1.807) is 0 Å². The van der Waals surface area contributed by atoms with Gasteiger partial charge in [-0.3, -0.25) is 4.79 Å². The van der Waals surface area contributed by atoms with Crippen molar-refractivity contribution in [2.24, 2.45) is 0 Å². The second kappa shape index (κ2) is 16.6. The Bertz CT molecular complexity index is 2350. The molecular formula is C40H34O16. The molecule has 290 valence electrons. The Hall–Kier alpha value is -7.01. The minimum atomic E-state index is -2.01. The Labute approximate surface area is 316 Å². The minimum Gasteiger partial charge on any atom is -0.508 e. The number of aromatic hydroxyl groups is 5. The molecule has 1 fully saturated rings. The number of hydrogen-bond donors (Lipinski definition) is 7. The molecule has 0 bridgehead atoms. The first-order valence-electron chi connectivity index (χ1n) is 16.7. The molecule has 1 aromatic heterocycles. The molecule has 16 heteroatoms. The summed E-state index contributed by atoms with van der Waals surface area (Å²) in [5.74, 6) is -4.07. The van der Waals surface area contributed by atoms with E-state index in [0.717, 1.165) is 24.3 Å². The zero-order valence-electron chi connectivity index (χ0n) is 29.2. The highest BCUT2D eigenvalue weighted by atomic mass is 16.7. The van der Waals surface area contributed by atoms with E-state index in [-0.39, 0.29) is 39.9 Å². The van der Waals surface area contributed by atoms with E-state index in [1.165, 1.54) is 86.0 Å². The van der Waals surface area contributed by atoms with Gasteiger partial charge in [0.1, 0.15) is 52.8 Å². The zero-order valence-corrected chi connectivity index (χ0v) is 29.2.